The fourth-order valence-electron chi connectivity index (χ4n) is 3.00. The number of pyridine rings is 1. The quantitative estimate of drug-likeness (QED) is 0.907. The summed E-state index contributed by atoms with van der Waals surface area (Å²) in [6.07, 6.45) is 4.74. The second-order valence-electron chi connectivity index (χ2n) is 5.54. The Balaban J connectivity index is 1.84. The number of aliphatic carboxylic acids is 1. The van der Waals surface area contributed by atoms with E-state index < -0.39 is 17.9 Å². The number of amides is 1. The van der Waals surface area contributed by atoms with E-state index in [9.17, 15) is 14.7 Å². The highest BCUT2D eigenvalue weighted by atomic mass is 32.1. The number of carbonyl (C=O) groups is 2. The van der Waals surface area contributed by atoms with Crippen LogP contribution in [0.2, 0.25) is 0 Å². The minimum Gasteiger partial charge on any atom is -0.481 e. The van der Waals surface area contributed by atoms with Gasteiger partial charge in [-0.15, -0.1) is 11.3 Å². The summed E-state index contributed by atoms with van der Waals surface area (Å²) in [7, 11) is 0. The average Bonchev–Trinajstić information content (AvgIpc) is 3.08. The third-order valence-electron chi connectivity index (χ3n) is 4.14. The SMILES string of the molecule is O=C(O)C1CCC(=O)N(CCc2cccnc2)C1c1cscn1. The molecule has 6 nitrogen and oxygen atoms in total. The van der Waals surface area contributed by atoms with Crippen LogP contribution < -0.4 is 0 Å². The summed E-state index contributed by atoms with van der Waals surface area (Å²) in [4.78, 5) is 34.0. The van der Waals surface area contributed by atoms with E-state index in [4.69, 9.17) is 0 Å². The maximum atomic E-state index is 12.4. The molecule has 0 radical (unpaired) electrons. The molecule has 1 fully saturated rings. The number of aromatic nitrogens is 2. The fourth-order valence-corrected chi connectivity index (χ4v) is 3.59. The van der Waals surface area contributed by atoms with Crippen molar-refractivity contribution in [2.24, 2.45) is 5.92 Å². The summed E-state index contributed by atoms with van der Waals surface area (Å²) < 4.78 is 0. The number of likely N-dealkylation sites (tertiary alicyclic amines) is 1. The van der Waals surface area contributed by atoms with Crippen LogP contribution in [0.3, 0.4) is 0 Å². The number of carboxylic acid groups (broad SMARTS) is 1. The standard InChI is InChI=1S/C16H17N3O3S/c20-14-4-3-12(16(21)22)15(13-9-23-10-18-13)19(14)7-5-11-2-1-6-17-8-11/h1-2,6,8-10,12,15H,3-5,7H2,(H,21,22). The van der Waals surface area contributed by atoms with Gasteiger partial charge in [-0.1, -0.05) is 6.07 Å². The Morgan fingerprint density at radius 1 is 1.48 bits per heavy atom. The predicted molar refractivity (Wildman–Crippen MR) is 84.9 cm³/mol. The van der Waals surface area contributed by atoms with Gasteiger partial charge in [0, 0.05) is 30.7 Å². The van der Waals surface area contributed by atoms with Crippen molar-refractivity contribution in [2.75, 3.05) is 6.54 Å². The monoisotopic (exact) mass is 331 g/mol. The molecule has 120 valence electrons. The van der Waals surface area contributed by atoms with Gasteiger partial charge in [0.1, 0.15) is 0 Å². The van der Waals surface area contributed by atoms with Crippen LogP contribution in [0, 0.1) is 5.92 Å². The Kier molecular flexibility index (Phi) is 4.66. The Morgan fingerprint density at radius 2 is 2.35 bits per heavy atom. The van der Waals surface area contributed by atoms with Crippen LogP contribution in [-0.2, 0) is 16.0 Å². The molecule has 7 heteroatoms. The number of nitrogens with zero attached hydrogens (tertiary/aromatic N) is 3. The highest BCUT2D eigenvalue weighted by molar-refractivity contribution is 7.07. The molecule has 1 aliphatic rings. The van der Waals surface area contributed by atoms with Crippen LogP contribution in [0.4, 0.5) is 0 Å². The number of carboxylic acids is 1. The number of piperidine rings is 1. The maximum Gasteiger partial charge on any atom is 0.309 e. The van der Waals surface area contributed by atoms with E-state index in [0.717, 1.165) is 5.56 Å². The van der Waals surface area contributed by atoms with Gasteiger partial charge in [-0.05, 0) is 24.5 Å². The summed E-state index contributed by atoms with van der Waals surface area (Å²) in [6, 6.07) is 3.32. The van der Waals surface area contributed by atoms with Gasteiger partial charge in [-0.3, -0.25) is 14.6 Å². The molecule has 0 spiro atoms. The van der Waals surface area contributed by atoms with Crippen molar-refractivity contribution in [3.63, 3.8) is 0 Å². The van der Waals surface area contributed by atoms with Crippen LogP contribution >= 0.6 is 11.3 Å². The van der Waals surface area contributed by atoms with Crippen LogP contribution in [0.5, 0.6) is 0 Å². The first-order chi connectivity index (χ1) is 11.2. The molecule has 2 aromatic heterocycles. The zero-order valence-electron chi connectivity index (χ0n) is 12.5. The maximum absolute atomic E-state index is 12.4. The zero-order chi connectivity index (χ0) is 16.2. The first-order valence-electron chi connectivity index (χ1n) is 7.46. The Morgan fingerprint density at radius 3 is 3.00 bits per heavy atom. The van der Waals surface area contributed by atoms with Crippen molar-refractivity contribution >= 4 is 23.2 Å². The second-order valence-corrected chi connectivity index (χ2v) is 6.26. The minimum atomic E-state index is -0.873. The third-order valence-corrected chi connectivity index (χ3v) is 4.75. The van der Waals surface area contributed by atoms with Gasteiger partial charge in [0.2, 0.25) is 5.91 Å². The highest BCUT2D eigenvalue weighted by Crippen LogP contribution is 2.36. The molecule has 1 N–H and O–H groups in total. The molecule has 1 saturated heterocycles. The molecule has 1 amide bonds. The van der Waals surface area contributed by atoms with E-state index >= 15 is 0 Å². The number of carbonyl (C=O) groups excluding carboxylic acids is 1. The average molecular weight is 331 g/mol. The molecule has 0 aliphatic carbocycles. The topological polar surface area (TPSA) is 83.4 Å². The number of thiazole rings is 1. The van der Waals surface area contributed by atoms with Gasteiger partial charge in [0.25, 0.3) is 0 Å². The largest absolute Gasteiger partial charge is 0.481 e. The van der Waals surface area contributed by atoms with Crippen molar-refractivity contribution in [1.82, 2.24) is 14.9 Å². The van der Waals surface area contributed by atoms with Gasteiger partial charge in [0.15, 0.2) is 0 Å². The lowest BCUT2D eigenvalue weighted by Crippen LogP contribution is -2.46. The molecular formula is C16H17N3O3S. The highest BCUT2D eigenvalue weighted by Gasteiger charge is 2.41. The van der Waals surface area contributed by atoms with Crippen LogP contribution in [0.1, 0.15) is 30.1 Å². The Labute approximate surface area is 137 Å². The van der Waals surface area contributed by atoms with Gasteiger partial charge < -0.3 is 10.0 Å². The van der Waals surface area contributed by atoms with E-state index in [0.29, 0.717) is 25.1 Å². The molecule has 2 aromatic rings. The number of hydrogen-bond acceptors (Lipinski definition) is 5. The molecule has 1 aliphatic heterocycles. The molecule has 0 bridgehead atoms. The van der Waals surface area contributed by atoms with E-state index in [-0.39, 0.29) is 12.3 Å². The van der Waals surface area contributed by atoms with Crippen LogP contribution in [0.25, 0.3) is 0 Å². The first-order valence-corrected chi connectivity index (χ1v) is 8.40. The first kappa shape index (κ1) is 15.6. The summed E-state index contributed by atoms with van der Waals surface area (Å²) >= 11 is 1.41. The summed E-state index contributed by atoms with van der Waals surface area (Å²) in [5, 5.41) is 11.4. The lowest BCUT2D eigenvalue weighted by atomic mass is 9.86. The third kappa shape index (κ3) is 3.39. The molecule has 23 heavy (non-hydrogen) atoms. The van der Waals surface area contributed by atoms with Crippen molar-refractivity contribution < 1.29 is 14.7 Å². The molecule has 3 rings (SSSR count). The lowest BCUT2D eigenvalue weighted by Gasteiger charge is -2.38. The van der Waals surface area contributed by atoms with E-state index in [1.165, 1.54) is 11.3 Å². The summed E-state index contributed by atoms with van der Waals surface area (Å²) in [5.74, 6) is -1.49. The Hall–Kier alpha value is -2.28. The molecule has 2 unspecified atom stereocenters. The molecular weight excluding hydrogens is 314 g/mol. The molecule has 0 saturated carbocycles. The zero-order valence-corrected chi connectivity index (χ0v) is 13.3. The fraction of sp³-hybridized carbons (Fsp3) is 0.375. The van der Waals surface area contributed by atoms with Crippen molar-refractivity contribution in [3.8, 4) is 0 Å². The van der Waals surface area contributed by atoms with Gasteiger partial charge in [-0.2, -0.15) is 0 Å². The number of hydrogen-bond donors (Lipinski definition) is 1. The van der Waals surface area contributed by atoms with E-state index in [2.05, 4.69) is 9.97 Å². The van der Waals surface area contributed by atoms with Crippen molar-refractivity contribution in [1.29, 1.82) is 0 Å². The van der Waals surface area contributed by atoms with E-state index in [1.807, 2.05) is 17.5 Å². The van der Waals surface area contributed by atoms with Crippen LogP contribution in [0.15, 0.2) is 35.4 Å². The van der Waals surface area contributed by atoms with Gasteiger partial charge in [0.05, 0.1) is 23.2 Å². The van der Waals surface area contributed by atoms with E-state index in [1.54, 1.807) is 22.8 Å². The predicted octanol–water partition coefficient (Wildman–Crippen LogP) is 2.15. The number of rotatable bonds is 5. The lowest BCUT2D eigenvalue weighted by molar-refractivity contribution is -0.152. The van der Waals surface area contributed by atoms with Gasteiger partial charge >= 0.3 is 5.97 Å². The molecule has 3 heterocycles. The summed E-state index contributed by atoms with van der Waals surface area (Å²) in [6.45, 7) is 0.469. The smallest absolute Gasteiger partial charge is 0.309 e. The molecule has 2 atom stereocenters. The minimum absolute atomic E-state index is 0.00982. The van der Waals surface area contributed by atoms with Crippen molar-refractivity contribution in [3.05, 3.63) is 46.7 Å². The summed E-state index contributed by atoms with van der Waals surface area (Å²) in [5.41, 5.74) is 3.36. The van der Waals surface area contributed by atoms with Gasteiger partial charge in [-0.25, -0.2) is 4.98 Å². The molecule has 0 aromatic carbocycles. The Bertz CT molecular complexity index is 675. The van der Waals surface area contributed by atoms with Crippen LogP contribution in [-0.4, -0.2) is 38.4 Å². The normalized spacial score (nSPS) is 21.4. The van der Waals surface area contributed by atoms with Crippen molar-refractivity contribution in [2.45, 2.75) is 25.3 Å². The second kappa shape index (κ2) is 6.87.